The van der Waals surface area contributed by atoms with Crippen molar-refractivity contribution in [2.45, 2.75) is 66.2 Å². The zero-order chi connectivity index (χ0) is 24.5. The van der Waals surface area contributed by atoms with Gasteiger partial charge in [-0.1, -0.05) is 137 Å². The average molecular weight is 618 g/mol. The molecule has 4 rings (SSSR count). The van der Waals surface area contributed by atoms with Crippen molar-refractivity contribution in [2.24, 2.45) is 0 Å². The fourth-order valence-electron chi connectivity index (χ4n) is 5.29. The zero-order valence-electron chi connectivity index (χ0n) is 23.5. The summed E-state index contributed by atoms with van der Waals surface area (Å²) in [5, 5.41) is 5.95. The molecule has 0 aliphatic heterocycles. The van der Waals surface area contributed by atoms with E-state index < -0.39 is 8.07 Å². The van der Waals surface area contributed by atoms with E-state index in [0.29, 0.717) is 17.8 Å². The van der Waals surface area contributed by atoms with Gasteiger partial charge in [-0.3, -0.25) is 0 Å². The van der Waals surface area contributed by atoms with Gasteiger partial charge in [-0.25, -0.2) is 12.1 Å². The van der Waals surface area contributed by atoms with E-state index >= 15 is 0 Å². The van der Waals surface area contributed by atoms with Gasteiger partial charge in [-0.05, 0) is 34.4 Å². The third-order valence-corrected chi connectivity index (χ3v) is 12.3. The van der Waals surface area contributed by atoms with Crippen LogP contribution in [-0.2, 0) is 21.7 Å². The molecule has 0 radical (unpaired) electrons. The van der Waals surface area contributed by atoms with E-state index in [9.17, 15) is 0 Å². The van der Waals surface area contributed by atoms with Gasteiger partial charge in [0.25, 0.3) is 0 Å². The monoisotopic (exact) mass is 616 g/mol. The number of benzene rings is 3. The Morgan fingerprint density at radius 2 is 0.868 bits per heavy atom. The van der Waals surface area contributed by atoms with Gasteiger partial charge in [-0.15, -0.1) is 5.19 Å². The van der Waals surface area contributed by atoms with Crippen LogP contribution in [0.25, 0.3) is 0 Å². The SMILES string of the molecule is Cc1ccc[c-]1[Si](c1cccc(C(C)C)c1)(c1cccc(C(C)C)c1)c1cccc(C(C)C)c1.[Cl-].[Cl-].[Cl-].[Ti+4]. The molecule has 0 spiro atoms. The van der Waals surface area contributed by atoms with Crippen LogP contribution in [0.2, 0.25) is 0 Å². The Hall–Kier alpha value is -1.19. The summed E-state index contributed by atoms with van der Waals surface area (Å²) in [5.74, 6) is 1.49. The first-order valence-electron chi connectivity index (χ1n) is 12.8. The largest absolute Gasteiger partial charge is 4.00 e. The molecule has 0 unspecified atom stereocenters. The molecule has 5 heteroatoms. The first-order valence-corrected chi connectivity index (χ1v) is 14.8. The smallest absolute Gasteiger partial charge is 1.00 e. The Morgan fingerprint density at radius 1 is 0.526 bits per heavy atom. The van der Waals surface area contributed by atoms with Gasteiger partial charge in [0.1, 0.15) is 8.07 Å². The third-order valence-electron chi connectivity index (χ3n) is 7.40. The normalized spacial score (nSPS) is 10.9. The summed E-state index contributed by atoms with van der Waals surface area (Å²) in [5.41, 5.74) is 5.64. The fraction of sp³-hybridized carbons (Fsp3) is 0.303. The first-order chi connectivity index (χ1) is 16.2. The van der Waals surface area contributed by atoms with Crippen molar-refractivity contribution in [1.82, 2.24) is 0 Å². The molecule has 0 saturated heterocycles. The summed E-state index contributed by atoms with van der Waals surface area (Å²) in [7, 11) is -2.52. The summed E-state index contributed by atoms with van der Waals surface area (Å²) in [6.07, 6.45) is 0. The summed E-state index contributed by atoms with van der Waals surface area (Å²) in [4.78, 5) is 0. The summed E-state index contributed by atoms with van der Waals surface area (Å²) < 4.78 is 0. The molecule has 0 bridgehead atoms. The van der Waals surface area contributed by atoms with Crippen LogP contribution in [-0.4, -0.2) is 8.07 Å². The number of hydrogen-bond acceptors (Lipinski definition) is 0. The van der Waals surface area contributed by atoms with Crippen molar-refractivity contribution in [3.05, 3.63) is 113 Å². The van der Waals surface area contributed by atoms with Crippen LogP contribution in [0, 0.1) is 6.92 Å². The van der Waals surface area contributed by atoms with Crippen molar-refractivity contribution in [3.63, 3.8) is 0 Å². The van der Waals surface area contributed by atoms with Crippen LogP contribution in [0.1, 0.15) is 81.5 Å². The van der Waals surface area contributed by atoms with Crippen LogP contribution >= 0.6 is 0 Å². The minimum atomic E-state index is -2.52. The Kier molecular flexibility index (Phi) is 15.1. The Labute approximate surface area is 265 Å². The molecule has 0 saturated carbocycles. The number of rotatable bonds is 7. The van der Waals surface area contributed by atoms with Crippen molar-refractivity contribution < 1.29 is 58.9 Å². The van der Waals surface area contributed by atoms with Gasteiger partial charge in [0.15, 0.2) is 0 Å². The third kappa shape index (κ3) is 7.11. The quantitative estimate of drug-likeness (QED) is 0.122. The molecule has 4 aromatic carbocycles. The van der Waals surface area contributed by atoms with E-state index in [0.717, 1.165) is 0 Å². The summed E-state index contributed by atoms with van der Waals surface area (Å²) in [6, 6.07) is 35.4. The van der Waals surface area contributed by atoms with Crippen LogP contribution in [0.15, 0.2) is 91.0 Å². The number of aryl methyl sites for hydroxylation is 1. The van der Waals surface area contributed by atoms with Crippen LogP contribution in [0.4, 0.5) is 0 Å². The van der Waals surface area contributed by atoms with E-state index in [4.69, 9.17) is 0 Å². The van der Waals surface area contributed by atoms with Crippen LogP contribution < -0.4 is 58.0 Å². The number of halogens is 3. The molecule has 0 atom stereocenters. The van der Waals surface area contributed by atoms with Gasteiger partial charge >= 0.3 is 21.7 Å². The van der Waals surface area contributed by atoms with E-state index in [1.165, 1.54) is 43.0 Å². The average Bonchev–Trinajstić information content (AvgIpc) is 3.26. The molecular formula is C33H39Cl3SiTi. The molecule has 0 nitrogen and oxygen atoms in total. The molecule has 0 N–H and O–H groups in total. The maximum Gasteiger partial charge on any atom is 4.00 e. The summed E-state index contributed by atoms with van der Waals surface area (Å²) >= 11 is 0. The predicted octanol–water partition coefficient (Wildman–Crippen LogP) is -2.53. The molecule has 0 aromatic heterocycles. The Morgan fingerprint density at radius 3 is 1.13 bits per heavy atom. The molecule has 0 aliphatic carbocycles. The molecule has 0 heterocycles. The van der Waals surface area contributed by atoms with Gasteiger partial charge in [0.05, 0.1) is 0 Å². The Balaban J connectivity index is 0.00000342. The summed E-state index contributed by atoms with van der Waals surface area (Å²) in [6.45, 7) is 16.1. The first kappa shape index (κ1) is 36.8. The molecule has 38 heavy (non-hydrogen) atoms. The molecular weight excluding hydrogens is 579 g/mol. The second-order valence-electron chi connectivity index (χ2n) is 10.7. The maximum absolute atomic E-state index is 2.52. The second kappa shape index (κ2) is 15.6. The van der Waals surface area contributed by atoms with Gasteiger partial charge < -0.3 is 37.2 Å². The van der Waals surface area contributed by atoms with Gasteiger partial charge in [-0.2, -0.15) is 11.6 Å². The predicted molar refractivity (Wildman–Crippen MR) is 153 cm³/mol. The maximum atomic E-state index is 2.51. The van der Waals surface area contributed by atoms with Gasteiger partial charge in [0.2, 0.25) is 0 Å². The molecule has 0 fully saturated rings. The molecule has 200 valence electrons. The standard InChI is InChI=1S/C33H39Si.3ClH.Ti/c1-23(2)27-13-9-16-30(20-27)34(33-19-8-12-26(33)7,31-17-10-14-28(21-31)24(3)4)32-18-11-15-29(22-32)25(5)6;;;;/h8-25H,1-7H3;3*1H;/q-1;;;;+4/p-3. The van der Waals surface area contributed by atoms with E-state index in [2.05, 4.69) is 139 Å². The van der Waals surface area contributed by atoms with E-state index in [1.807, 2.05) is 0 Å². The Bertz CT molecular complexity index is 1150. The van der Waals surface area contributed by atoms with Crippen molar-refractivity contribution in [3.8, 4) is 0 Å². The van der Waals surface area contributed by atoms with Crippen molar-refractivity contribution in [1.29, 1.82) is 0 Å². The number of hydrogen-bond donors (Lipinski definition) is 0. The molecule has 4 aromatic rings. The fourth-order valence-corrected chi connectivity index (χ4v) is 10.4. The van der Waals surface area contributed by atoms with Crippen LogP contribution in [0.5, 0.6) is 0 Å². The van der Waals surface area contributed by atoms with E-state index in [-0.39, 0.29) is 58.9 Å². The zero-order valence-corrected chi connectivity index (χ0v) is 28.4. The molecule has 0 amide bonds. The topological polar surface area (TPSA) is 0 Å². The van der Waals surface area contributed by atoms with Crippen LogP contribution in [0.3, 0.4) is 0 Å². The minimum Gasteiger partial charge on any atom is -1.00 e. The van der Waals surface area contributed by atoms with Crippen molar-refractivity contribution >= 4 is 28.8 Å². The van der Waals surface area contributed by atoms with Crippen molar-refractivity contribution in [2.75, 3.05) is 0 Å². The minimum absolute atomic E-state index is 0. The van der Waals surface area contributed by atoms with E-state index in [1.54, 1.807) is 0 Å². The van der Waals surface area contributed by atoms with Gasteiger partial charge in [0, 0.05) is 0 Å². The second-order valence-corrected chi connectivity index (χ2v) is 14.5. The molecule has 0 aliphatic rings.